The quantitative estimate of drug-likeness (QED) is 0.617. The molecular formula is C12H12N6O4S. The Morgan fingerprint density at radius 1 is 1.48 bits per heavy atom. The van der Waals surface area contributed by atoms with Gasteiger partial charge < -0.3 is 9.73 Å². The fraction of sp³-hybridized carbons (Fsp3) is 0.250. The molecule has 0 aliphatic heterocycles. The van der Waals surface area contributed by atoms with E-state index in [1.807, 2.05) is 6.26 Å². The fourth-order valence-corrected chi connectivity index (χ4v) is 2.14. The number of nitrogens with zero attached hydrogens (tertiary/aromatic N) is 4. The molecule has 0 saturated heterocycles. The van der Waals surface area contributed by atoms with Gasteiger partial charge in [-0.2, -0.15) is 0 Å². The Bertz CT molecular complexity index is 863. The number of carbonyl (C=O) groups is 1. The number of hydrogen-bond donors (Lipinski definition) is 2. The molecule has 23 heavy (non-hydrogen) atoms. The van der Waals surface area contributed by atoms with E-state index in [1.54, 1.807) is 12.1 Å². The van der Waals surface area contributed by atoms with E-state index in [1.165, 1.54) is 22.8 Å². The smallest absolute Gasteiger partial charge is 0.439 e. The first-order valence-electron chi connectivity index (χ1n) is 6.53. The molecule has 0 fully saturated rings. The Balaban J connectivity index is 1.53. The Labute approximate surface area is 133 Å². The molecule has 0 radical (unpaired) electrons. The van der Waals surface area contributed by atoms with Crippen LogP contribution >= 0.6 is 11.8 Å². The van der Waals surface area contributed by atoms with Gasteiger partial charge in [-0.1, -0.05) is 16.9 Å². The summed E-state index contributed by atoms with van der Waals surface area (Å²) in [5.74, 6) is -0.331. The largest absolute Gasteiger partial charge is 0.445 e. The summed E-state index contributed by atoms with van der Waals surface area (Å²) >= 11 is 1.42. The summed E-state index contributed by atoms with van der Waals surface area (Å²) in [5.41, 5.74) is 0. The number of H-pyrrole nitrogens is 1. The van der Waals surface area contributed by atoms with Crippen LogP contribution in [0.4, 0.5) is 0 Å². The van der Waals surface area contributed by atoms with E-state index in [0.717, 1.165) is 0 Å². The van der Waals surface area contributed by atoms with Crippen molar-refractivity contribution in [2.45, 2.75) is 11.6 Å². The van der Waals surface area contributed by atoms with Crippen molar-refractivity contribution in [1.29, 1.82) is 0 Å². The zero-order chi connectivity index (χ0) is 16.2. The molecule has 0 spiro atoms. The summed E-state index contributed by atoms with van der Waals surface area (Å²) in [7, 11) is 0. The van der Waals surface area contributed by atoms with Crippen LogP contribution in [0.25, 0.3) is 11.6 Å². The molecule has 11 heteroatoms. The van der Waals surface area contributed by atoms with Crippen LogP contribution in [-0.2, 0) is 6.54 Å². The molecule has 0 atom stereocenters. The van der Waals surface area contributed by atoms with Crippen LogP contribution in [0.2, 0.25) is 0 Å². The van der Waals surface area contributed by atoms with E-state index >= 15 is 0 Å². The predicted molar refractivity (Wildman–Crippen MR) is 79.0 cm³/mol. The van der Waals surface area contributed by atoms with E-state index in [0.29, 0.717) is 18.2 Å². The van der Waals surface area contributed by atoms with Crippen molar-refractivity contribution in [2.75, 3.05) is 12.8 Å². The van der Waals surface area contributed by atoms with Crippen LogP contribution in [0.3, 0.4) is 0 Å². The van der Waals surface area contributed by atoms with E-state index in [9.17, 15) is 9.59 Å². The van der Waals surface area contributed by atoms with Gasteiger partial charge in [-0.25, -0.2) is 9.78 Å². The molecule has 3 heterocycles. The maximum atomic E-state index is 11.9. The van der Waals surface area contributed by atoms with Crippen LogP contribution in [0, 0.1) is 0 Å². The summed E-state index contributed by atoms with van der Waals surface area (Å²) in [5, 5.41) is 11.0. The van der Waals surface area contributed by atoms with Crippen LogP contribution in [0.15, 0.2) is 37.3 Å². The van der Waals surface area contributed by atoms with E-state index in [-0.39, 0.29) is 23.3 Å². The van der Waals surface area contributed by atoms with Crippen LogP contribution in [0.5, 0.6) is 0 Å². The van der Waals surface area contributed by atoms with Crippen LogP contribution in [-0.4, -0.2) is 43.6 Å². The van der Waals surface area contributed by atoms with Gasteiger partial charge in [0.25, 0.3) is 5.91 Å². The second kappa shape index (κ2) is 6.52. The lowest BCUT2D eigenvalue weighted by Gasteiger charge is -2.02. The Hall–Kier alpha value is -2.82. The lowest BCUT2D eigenvalue weighted by molar-refractivity contribution is 0.0919. The summed E-state index contributed by atoms with van der Waals surface area (Å²) in [4.78, 5) is 29.1. The summed E-state index contributed by atoms with van der Waals surface area (Å²) in [6, 6.07) is 3.36. The minimum atomic E-state index is -0.674. The first-order valence-corrected chi connectivity index (χ1v) is 7.76. The molecule has 0 bridgehead atoms. The monoisotopic (exact) mass is 336 g/mol. The van der Waals surface area contributed by atoms with Gasteiger partial charge in [0, 0.05) is 6.54 Å². The molecule has 120 valence electrons. The highest BCUT2D eigenvalue weighted by Crippen LogP contribution is 2.17. The Morgan fingerprint density at radius 2 is 2.35 bits per heavy atom. The Morgan fingerprint density at radius 3 is 3.04 bits per heavy atom. The van der Waals surface area contributed by atoms with Crippen molar-refractivity contribution in [3.63, 3.8) is 0 Å². The van der Waals surface area contributed by atoms with Crippen molar-refractivity contribution in [3.8, 4) is 11.6 Å². The third-order valence-electron chi connectivity index (χ3n) is 2.82. The number of amides is 1. The topological polar surface area (TPSA) is 132 Å². The summed E-state index contributed by atoms with van der Waals surface area (Å²) in [6.45, 7) is 0.739. The number of aromatic amines is 1. The lowest BCUT2D eigenvalue weighted by Crippen LogP contribution is -2.27. The van der Waals surface area contributed by atoms with Gasteiger partial charge >= 0.3 is 5.76 Å². The van der Waals surface area contributed by atoms with E-state index in [4.69, 9.17) is 4.42 Å². The SMILES string of the molecule is CSc1ccc(C(=O)NCCn2cnc(-c3noc(=O)[nH]3)n2)o1. The van der Waals surface area contributed by atoms with Crippen LogP contribution in [0.1, 0.15) is 10.6 Å². The van der Waals surface area contributed by atoms with E-state index < -0.39 is 5.76 Å². The molecule has 3 rings (SSSR count). The van der Waals surface area contributed by atoms with Gasteiger partial charge in [0.1, 0.15) is 6.33 Å². The lowest BCUT2D eigenvalue weighted by atomic mass is 10.4. The van der Waals surface area contributed by atoms with Crippen molar-refractivity contribution in [3.05, 3.63) is 34.8 Å². The van der Waals surface area contributed by atoms with Gasteiger partial charge in [-0.3, -0.25) is 19.0 Å². The number of nitrogens with one attached hydrogen (secondary N) is 2. The number of carbonyl (C=O) groups excluding carboxylic acids is 1. The van der Waals surface area contributed by atoms with Gasteiger partial charge in [0.05, 0.1) is 6.54 Å². The normalized spacial score (nSPS) is 10.8. The number of rotatable bonds is 6. The summed E-state index contributed by atoms with van der Waals surface area (Å²) < 4.78 is 11.2. The molecular weight excluding hydrogens is 324 g/mol. The maximum Gasteiger partial charge on any atom is 0.439 e. The molecule has 0 aliphatic carbocycles. The van der Waals surface area contributed by atoms with Crippen molar-refractivity contribution < 1.29 is 13.7 Å². The van der Waals surface area contributed by atoms with E-state index in [2.05, 4.69) is 30.1 Å². The number of furan rings is 1. The molecule has 10 nitrogen and oxygen atoms in total. The fourth-order valence-electron chi connectivity index (χ4n) is 1.76. The minimum Gasteiger partial charge on any atom is -0.445 e. The van der Waals surface area contributed by atoms with Crippen molar-refractivity contribution >= 4 is 17.7 Å². The highest BCUT2D eigenvalue weighted by atomic mass is 32.2. The molecule has 1 amide bonds. The Kier molecular flexibility index (Phi) is 4.28. The molecule has 3 aromatic heterocycles. The number of aromatic nitrogens is 5. The number of hydrogen-bond acceptors (Lipinski definition) is 8. The molecule has 0 aromatic carbocycles. The van der Waals surface area contributed by atoms with Crippen molar-refractivity contribution in [1.82, 2.24) is 30.2 Å². The second-order valence-electron chi connectivity index (χ2n) is 4.35. The zero-order valence-electron chi connectivity index (χ0n) is 12.0. The first-order chi connectivity index (χ1) is 11.2. The average Bonchev–Trinajstić information content (AvgIpc) is 3.26. The third kappa shape index (κ3) is 3.51. The second-order valence-corrected chi connectivity index (χ2v) is 5.16. The average molecular weight is 336 g/mol. The molecule has 0 saturated carbocycles. The van der Waals surface area contributed by atoms with Gasteiger partial charge in [-0.05, 0) is 18.4 Å². The molecule has 0 aliphatic rings. The maximum absolute atomic E-state index is 11.9. The molecule has 3 aromatic rings. The van der Waals surface area contributed by atoms with Gasteiger partial charge in [-0.15, -0.1) is 5.10 Å². The molecule has 0 unspecified atom stereocenters. The van der Waals surface area contributed by atoms with Gasteiger partial charge in [0.2, 0.25) is 11.6 Å². The third-order valence-corrected chi connectivity index (χ3v) is 3.44. The highest BCUT2D eigenvalue weighted by molar-refractivity contribution is 7.98. The first kappa shape index (κ1) is 15.1. The zero-order valence-corrected chi connectivity index (χ0v) is 12.8. The highest BCUT2D eigenvalue weighted by Gasteiger charge is 2.12. The number of thioether (sulfide) groups is 1. The summed E-state index contributed by atoms with van der Waals surface area (Å²) in [6.07, 6.45) is 3.33. The standard InChI is InChI=1S/C12H12N6O4S/c1-23-8-3-2-7(21-8)11(19)13-4-5-18-6-14-9(16-18)10-15-12(20)22-17-10/h2-3,6H,4-5H2,1H3,(H,13,19)(H,15,17,20). The molecule has 2 N–H and O–H groups in total. The predicted octanol–water partition coefficient (Wildman–Crippen LogP) is 0.366. The van der Waals surface area contributed by atoms with Crippen molar-refractivity contribution in [2.24, 2.45) is 0 Å². The van der Waals surface area contributed by atoms with Crippen LogP contribution < -0.4 is 11.1 Å². The van der Waals surface area contributed by atoms with Gasteiger partial charge in [0.15, 0.2) is 10.9 Å². The minimum absolute atomic E-state index is 0.151.